The van der Waals surface area contributed by atoms with E-state index in [1.165, 1.54) is 21.0 Å². The molecular weight excluding hydrogens is 425 g/mol. The summed E-state index contributed by atoms with van der Waals surface area (Å²) in [4.78, 5) is 14.4. The number of halogens is 2. The molecule has 0 spiro atoms. The zero-order valence-electron chi connectivity index (χ0n) is 14.7. The van der Waals surface area contributed by atoms with Crippen molar-refractivity contribution in [2.24, 2.45) is 0 Å². The molecule has 0 unspecified atom stereocenters. The van der Waals surface area contributed by atoms with E-state index in [0.29, 0.717) is 54.0 Å². The summed E-state index contributed by atoms with van der Waals surface area (Å²) in [6, 6.07) is 11.1. The van der Waals surface area contributed by atoms with Crippen LogP contribution in [-0.2, 0) is 16.7 Å². The van der Waals surface area contributed by atoms with Crippen LogP contribution in [0.1, 0.15) is 0 Å². The van der Waals surface area contributed by atoms with Gasteiger partial charge in [-0.3, -0.25) is 9.47 Å². The quantitative estimate of drug-likeness (QED) is 0.621. The third kappa shape index (κ3) is 3.70. The van der Waals surface area contributed by atoms with Gasteiger partial charge in [-0.05, 0) is 42.5 Å². The van der Waals surface area contributed by atoms with Gasteiger partial charge in [0.25, 0.3) is 0 Å². The Labute approximate surface area is 171 Å². The fourth-order valence-electron chi connectivity index (χ4n) is 3.24. The molecule has 10 heteroatoms. The minimum atomic E-state index is -3.57. The van der Waals surface area contributed by atoms with Crippen molar-refractivity contribution in [3.8, 4) is 0 Å². The topological polar surface area (TPSA) is 75.8 Å². The molecular formula is C18H17Cl2N3O4S. The second kappa shape index (κ2) is 7.53. The molecule has 2 heterocycles. The minimum absolute atomic E-state index is 0.219. The molecule has 148 valence electrons. The van der Waals surface area contributed by atoms with Crippen LogP contribution < -0.4 is 5.76 Å². The van der Waals surface area contributed by atoms with Gasteiger partial charge in [-0.25, -0.2) is 13.2 Å². The van der Waals surface area contributed by atoms with Gasteiger partial charge in [-0.2, -0.15) is 4.31 Å². The van der Waals surface area contributed by atoms with E-state index in [-0.39, 0.29) is 4.90 Å². The molecule has 0 N–H and O–H groups in total. The summed E-state index contributed by atoms with van der Waals surface area (Å²) in [5, 5.41) is 1.00. The van der Waals surface area contributed by atoms with Crippen LogP contribution in [0.5, 0.6) is 0 Å². The fraction of sp³-hybridized carbons (Fsp3) is 0.278. The van der Waals surface area contributed by atoms with Crippen LogP contribution in [-0.4, -0.2) is 48.4 Å². The molecule has 0 atom stereocenters. The molecule has 1 aliphatic rings. The lowest BCUT2D eigenvalue weighted by Gasteiger charge is -2.33. The number of oxazole rings is 1. The number of aromatic nitrogens is 1. The van der Waals surface area contributed by atoms with E-state index in [2.05, 4.69) is 0 Å². The van der Waals surface area contributed by atoms with E-state index < -0.39 is 15.8 Å². The Morgan fingerprint density at radius 2 is 1.57 bits per heavy atom. The predicted molar refractivity (Wildman–Crippen MR) is 107 cm³/mol. The van der Waals surface area contributed by atoms with Gasteiger partial charge < -0.3 is 4.42 Å². The van der Waals surface area contributed by atoms with Crippen molar-refractivity contribution in [2.75, 3.05) is 26.2 Å². The number of rotatable bonds is 4. The molecule has 1 fully saturated rings. The SMILES string of the molecule is O=c1oc2ccc(Cl)cc2n1CN1CCN(S(=O)(=O)c2ccc(Cl)cc2)CC1. The summed E-state index contributed by atoms with van der Waals surface area (Å²) < 4.78 is 33.7. The standard InChI is InChI=1S/C18H17Cl2N3O4S/c19-13-1-4-15(5-2-13)28(25,26)22-9-7-21(8-10-22)12-23-16-11-14(20)3-6-17(16)27-18(23)24/h1-6,11H,7-10,12H2. The van der Waals surface area contributed by atoms with E-state index in [1.54, 1.807) is 30.3 Å². The molecule has 1 aromatic heterocycles. The van der Waals surface area contributed by atoms with Gasteiger partial charge in [-0.1, -0.05) is 23.2 Å². The van der Waals surface area contributed by atoms with Crippen molar-refractivity contribution in [1.29, 1.82) is 0 Å². The predicted octanol–water partition coefficient (Wildman–Crippen LogP) is 2.87. The molecule has 2 aromatic carbocycles. The first-order valence-corrected chi connectivity index (χ1v) is 10.8. The van der Waals surface area contributed by atoms with Crippen LogP contribution in [0.2, 0.25) is 10.0 Å². The molecule has 0 radical (unpaired) electrons. The normalized spacial score (nSPS) is 16.6. The zero-order chi connectivity index (χ0) is 19.9. The van der Waals surface area contributed by atoms with Crippen LogP contribution in [0.25, 0.3) is 11.1 Å². The Kier molecular flexibility index (Phi) is 5.24. The van der Waals surface area contributed by atoms with Crippen molar-refractivity contribution >= 4 is 44.3 Å². The van der Waals surface area contributed by atoms with Crippen LogP contribution in [0.3, 0.4) is 0 Å². The Morgan fingerprint density at radius 1 is 0.929 bits per heavy atom. The first-order chi connectivity index (χ1) is 13.3. The molecule has 7 nitrogen and oxygen atoms in total. The highest BCUT2D eigenvalue weighted by Gasteiger charge is 2.29. The molecule has 4 rings (SSSR count). The number of fused-ring (bicyclic) bond motifs is 1. The zero-order valence-corrected chi connectivity index (χ0v) is 17.0. The monoisotopic (exact) mass is 441 g/mol. The Bertz CT molecular complexity index is 1160. The average molecular weight is 442 g/mol. The molecule has 0 saturated carbocycles. The maximum atomic E-state index is 12.8. The Balaban J connectivity index is 1.48. The van der Waals surface area contributed by atoms with E-state index in [1.807, 2.05) is 4.90 Å². The Morgan fingerprint density at radius 3 is 2.25 bits per heavy atom. The van der Waals surface area contributed by atoms with Crippen molar-refractivity contribution < 1.29 is 12.8 Å². The molecule has 28 heavy (non-hydrogen) atoms. The fourth-order valence-corrected chi connectivity index (χ4v) is 4.95. The second-order valence-electron chi connectivity index (χ2n) is 6.53. The second-order valence-corrected chi connectivity index (χ2v) is 9.34. The number of hydrogen-bond donors (Lipinski definition) is 0. The molecule has 1 saturated heterocycles. The lowest BCUT2D eigenvalue weighted by Crippen LogP contribution is -2.49. The number of benzene rings is 2. The highest BCUT2D eigenvalue weighted by molar-refractivity contribution is 7.89. The van der Waals surface area contributed by atoms with E-state index >= 15 is 0 Å². The van der Waals surface area contributed by atoms with Crippen molar-refractivity contribution in [1.82, 2.24) is 13.8 Å². The highest BCUT2D eigenvalue weighted by Crippen LogP contribution is 2.21. The van der Waals surface area contributed by atoms with Gasteiger partial charge in [0.2, 0.25) is 10.0 Å². The molecule has 1 aliphatic heterocycles. The lowest BCUT2D eigenvalue weighted by molar-refractivity contribution is 0.150. The largest absolute Gasteiger partial charge is 0.421 e. The van der Waals surface area contributed by atoms with Crippen molar-refractivity contribution in [2.45, 2.75) is 11.6 Å². The third-order valence-corrected chi connectivity index (χ3v) is 7.15. The van der Waals surface area contributed by atoms with Gasteiger partial charge in [0.05, 0.1) is 17.1 Å². The van der Waals surface area contributed by atoms with Crippen LogP contribution >= 0.6 is 23.2 Å². The molecule has 3 aromatic rings. The first-order valence-electron chi connectivity index (χ1n) is 8.61. The van der Waals surface area contributed by atoms with Crippen LogP contribution in [0.15, 0.2) is 56.6 Å². The smallest absolute Gasteiger partial charge is 0.408 e. The van der Waals surface area contributed by atoms with E-state index in [9.17, 15) is 13.2 Å². The van der Waals surface area contributed by atoms with Crippen molar-refractivity contribution in [3.05, 3.63) is 63.1 Å². The molecule has 0 amide bonds. The lowest BCUT2D eigenvalue weighted by atomic mass is 10.3. The first kappa shape index (κ1) is 19.5. The minimum Gasteiger partial charge on any atom is -0.408 e. The summed E-state index contributed by atoms with van der Waals surface area (Å²) in [5.74, 6) is -0.464. The van der Waals surface area contributed by atoms with Crippen LogP contribution in [0, 0.1) is 0 Å². The van der Waals surface area contributed by atoms with Gasteiger partial charge in [0.1, 0.15) is 0 Å². The summed E-state index contributed by atoms with van der Waals surface area (Å²) in [5.41, 5.74) is 1.09. The van der Waals surface area contributed by atoms with Crippen LogP contribution in [0.4, 0.5) is 0 Å². The number of piperazine rings is 1. The number of nitrogens with zero attached hydrogens (tertiary/aromatic N) is 3. The Hall–Kier alpha value is -1.84. The van der Waals surface area contributed by atoms with Gasteiger partial charge in [-0.15, -0.1) is 0 Å². The number of hydrogen-bond acceptors (Lipinski definition) is 5. The highest BCUT2D eigenvalue weighted by atomic mass is 35.5. The summed E-state index contributed by atoms with van der Waals surface area (Å²) in [7, 11) is -3.57. The van der Waals surface area contributed by atoms with Gasteiger partial charge >= 0.3 is 5.76 Å². The summed E-state index contributed by atoms with van der Waals surface area (Å²) in [6.45, 7) is 1.95. The summed E-state index contributed by atoms with van der Waals surface area (Å²) in [6.07, 6.45) is 0. The maximum Gasteiger partial charge on any atom is 0.421 e. The van der Waals surface area contributed by atoms with Crippen molar-refractivity contribution in [3.63, 3.8) is 0 Å². The molecule has 0 bridgehead atoms. The molecule has 0 aliphatic carbocycles. The van der Waals surface area contributed by atoms with E-state index in [0.717, 1.165) is 0 Å². The third-order valence-electron chi connectivity index (χ3n) is 4.75. The number of sulfonamides is 1. The van der Waals surface area contributed by atoms with Gasteiger partial charge in [0.15, 0.2) is 5.58 Å². The van der Waals surface area contributed by atoms with Gasteiger partial charge in [0, 0.05) is 36.2 Å². The summed E-state index contributed by atoms with van der Waals surface area (Å²) >= 11 is 11.9. The average Bonchev–Trinajstić information content (AvgIpc) is 2.97. The van der Waals surface area contributed by atoms with E-state index in [4.69, 9.17) is 27.6 Å². The maximum absolute atomic E-state index is 12.8.